The van der Waals surface area contributed by atoms with E-state index in [0.29, 0.717) is 5.15 Å². The lowest BCUT2D eigenvalue weighted by Crippen LogP contribution is -2.23. The number of anilines is 1. The van der Waals surface area contributed by atoms with Crippen molar-refractivity contribution in [2.75, 3.05) is 11.9 Å². The molecule has 0 saturated heterocycles. The quantitative estimate of drug-likeness (QED) is 0.783. The molecule has 1 aromatic heterocycles. The Bertz CT molecular complexity index is 364. The van der Waals surface area contributed by atoms with Crippen molar-refractivity contribution >= 4 is 17.4 Å². The third kappa shape index (κ3) is 4.15. The van der Waals surface area contributed by atoms with Gasteiger partial charge in [-0.25, -0.2) is 9.97 Å². The summed E-state index contributed by atoms with van der Waals surface area (Å²) < 4.78 is 0. The third-order valence-corrected chi connectivity index (χ3v) is 3.41. The molecule has 0 spiro atoms. The second-order valence-electron chi connectivity index (χ2n) is 5.11. The number of halogens is 1. The van der Waals surface area contributed by atoms with E-state index in [1.807, 2.05) is 0 Å². The van der Waals surface area contributed by atoms with Crippen LogP contribution >= 0.6 is 11.6 Å². The number of hydrogen-bond donors (Lipinski definition) is 1. The van der Waals surface area contributed by atoms with Crippen LogP contribution in [0.5, 0.6) is 0 Å². The minimum Gasteiger partial charge on any atom is -0.369 e. The van der Waals surface area contributed by atoms with Crippen molar-refractivity contribution in [1.29, 1.82) is 0 Å². The SMILES string of the molecule is CCCc1c(Cl)ncnc1NCC(C)(C)CC. The summed E-state index contributed by atoms with van der Waals surface area (Å²) in [4.78, 5) is 8.33. The molecule has 0 radical (unpaired) electrons. The standard InChI is InChI=1S/C13H22ClN3/c1-5-7-10-11(14)16-9-17-12(10)15-8-13(3,4)6-2/h9H,5-8H2,1-4H3,(H,15,16,17). The van der Waals surface area contributed by atoms with E-state index in [2.05, 4.69) is 43.0 Å². The Hall–Kier alpha value is -0.830. The van der Waals surface area contributed by atoms with Crippen molar-refractivity contribution in [3.63, 3.8) is 0 Å². The molecule has 0 bridgehead atoms. The number of aromatic nitrogens is 2. The fourth-order valence-electron chi connectivity index (χ4n) is 1.46. The van der Waals surface area contributed by atoms with Crippen LogP contribution in [0.3, 0.4) is 0 Å². The highest BCUT2D eigenvalue weighted by molar-refractivity contribution is 6.30. The summed E-state index contributed by atoms with van der Waals surface area (Å²) in [5.74, 6) is 0.883. The predicted octanol–water partition coefficient (Wildman–Crippen LogP) is 3.93. The van der Waals surface area contributed by atoms with Gasteiger partial charge in [-0.2, -0.15) is 0 Å². The summed E-state index contributed by atoms with van der Waals surface area (Å²) in [6.45, 7) is 9.70. The van der Waals surface area contributed by atoms with E-state index in [1.54, 1.807) is 0 Å². The molecule has 3 nitrogen and oxygen atoms in total. The van der Waals surface area contributed by atoms with E-state index in [1.165, 1.54) is 6.33 Å². The maximum atomic E-state index is 6.10. The Morgan fingerprint density at radius 1 is 1.29 bits per heavy atom. The molecule has 0 aliphatic carbocycles. The lowest BCUT2D eigenvalue weighted by atomic mass is 9.90. The van der Waals surface area contributed by atoms with E-state index in [0.717, 1.165) is 37.2 Å². The zero-order valence-corrected chi connectivity index (χ0v) is 11.9. The highest BCUT2D eigenvalue weighted by Crippen LogP contribution is 2.24. The monoisotopic (exact) mass is 255 g/mol. The molecule has 17 heavy (non-hydrogen) atoms. The first-order valence-electron chi connectivity index (χ1n) is 6.23. The normalized spacial score (nSPS) is 11.6. The van der Waals surface area contributed by atoms with Crippen molar-refractivity contribution in [2.24, 2.45) is 5.41 Å². The largest absolute Gasteiger partial charge is 0.369 e. The maximum Gasteiger partial charge on any atom is 0.137 e. The van der Waals surface area contributed by atoms with Crippen LogP contribution in [0.4, 0.5) is 5.82 Å². The lowest BCUT2D eigenvalue weighted by Gasteiger charge is -2.24. The minimum atomic E-state index is 0.265. The van der Waals surface area contributed by atoms with Crippen molar-refractivity contribution in [1.82, 2.24) is 9.97 Å². The second kappa shape index (κ2) is 6.20. The fraction of sp³-hybridized carbons (Fsp3) is 0.692. The van der Waals surface area contributed by atoms with Gasteiger partial charge in [0, 0.05) is 12.1 Å². The first kappa shape index (κ1) is 14.2. The summed E-state index contributed by atoms with van der Waals surface area (Å²) in [5, 5.41) is 3.96. The van der Waals surface area contributed by atoms with E-state index in [4.69, 9.17) is 11.6 Å². The summed E-state index contributed by atoms with van der Waals surface area (Å²) in [6, 6.07) is 0. The van der Waals surface area contributed by atoms with Crippen molar-refractivity contribution in [2.45, 2.75) is 47.0 Å². The molecule has 96 valence electrons. The van der Waals surface area contributed by atoms with Crippen LogP contribution in [-0.2, 0) is 6.42 Å². The zero-order valence-electron chi connectivity index (χ0n) is 11.2. The van der Waals surface area contributed by atoms with Crippen molar-refractivity contribution in [3.05, 3.63) is 17.0 Å². The molecule has 0 amide bonds. The molecule has 1 heterocycles. The van der Waals surface area contributed by atoms with Crippen LogP contribution in [0, 0.1) is 5.41 Å². The summed E-state index contributed by atoms with van der Waals surface area (Å²) >= 11 is 6.10. The Morgan fingerprint density at radius 2 is 2.00 bits per heavy atom. The van der Waals surface area contributed by atoms with Gasteiger partial charge in [0.25, 0.3) is 0 Å². The van der Waals surface area contributed by atoms with E-state index in [-0.39, 0.29) is 5.41 Å². The van der Waals surface area contributed by atoms with Crippen LogP contribution < -0.4 is 5.32 Å². The number of hydrogen-bond acceptors (Lipinski definition) is 3. The van der Waals surface area contributed by atoms with Gasteiger partial charge in [-0.1, -0.05) is 45.7 Å². The first-order chi connectivity index (χ1) is 8.00. The molecular weight excluding hydrogens is 234 g/mol. The van der Waals surface area contributed by atoms with Crippen LogP contribution in [0.15, 0.2) is 6.33 Å². The van der Waals surface area contributed by atoms with Crippen LogP contribution in [0.1, 0.15) is 46.1 Å². The molecule has 0 saturated carbocycles. The van der Waals surface area contributed by atoms with Gasteiger partial charge in [-0.05, 0) is 18.3 Å². The smallest absolute Gasteiger partial charge is 0.137 e. The second-order valence-corrected chi connectivity index (χ2v) is 5.47. The average molecular weight is 256 g/mol. The Morgan fingerprint density at radius 3 is 2.59 bits per heavy atom. The van der Waals surface area contributed by atoms with E-state index in [9.17, 15) is 0 Å². The molecule has 1 aromatic rings. The minimum absolute atomic E-state index is 0.265. The Balaban J connectivity index is 2.80. The molecule has 4 heteroatoms. The molecule has 1 rings (SSSR count). The zero-order chi connectivity index (χ0) is 12.9. The fourth-order valence-corrected chi connectivity index (χ4v) is 1.69. The molecule has 0 atom stereocenters. The van der Waals surface area contributed by atoms with Crippen LogP contribution in [0.2, 0.25) is 5.15 Å². The molecule has 1 N–H and O–H groups in total. The van der Waals surface area contributed by atoms with Gasteiger partial charge in [0.1, 0.15) is 17.3 Å². The molecule has 0 aliphatic rings. The molecule has 0 unspecified atom stereocenters. The van der Waals surface area contributed by atoms with Crippen molar-refractivity contribution in [3.8, 4) is 0 Å². The average Bonchev–Trinajstić information content (AvgIpc) is 2.30. The van der Waals surface area contributed by atoms with Crippen molar-refractivity contribution < 1.29 is 0 Å². The van der Waals surface area contributed by atoms with Gasteiger partial charge in [-0.15, -0.1) is 0 Å². The highest BCUT2D eigenvalue weighted by Gasteiger charge is 2.16. The Labute approximate surface area is 109 Å². The summed E-state index contributed by atoms with van der Waals surface area (Å²) in [6.07, 6.45) is 4.60. The predicted molar refractivity (Wildman–Crippen MR) is 73.6 cm³/mol. The highest BCUT2D eigenvalue weighted by atomic mass is 35.5. The summed E-state index contributed by atoms with van der Waals surface area (Å²) in [5.41, 5.74) is 1.30. The summed E-state index contributed by atoms with van der Waals surface area (Å²) in [7, 11) is 0. The number of nitrogens with one attached hydrogen (secondary N) is 1. The molecule has 0 fully saturated rings. The molecular formula is C13H22ClN3. The van der Waals surface area contributed by atoms with Gasteiger partial charge < -0.3 is 5.32 Å². The molecule has 0 aromatic carbocycles. The van der Waals surface area contributed by atoms with E-state index < -0.39 is 0 Å². The van der Waals surface area contributed by atoms with Gasteiger partial charge >= 0.3 is 0 Å². The number of rotatable bonds is 6. The molecule has 0 aliphatic heterocycles. The lowest BCUT2D eigenvalue weighted by molar-refractivity contribution is 0.376. The maximum absolute atomic E-state index is 6.10. The van der Waals surface area contributed by atoms with Crippen LogP contribution in [-0.4, -0.2) is 16.5 Å². The van der Waals surface area contributed by atoms with Gasteiger partial charge in [0.05, 0.1) is 0 Å². The topological polar surface area (TPSA) is 37.8 Å². The third-order valence-electron chi connectivity index (χ3n) is 3.08. The van der Waals surface area contributed by atoms with Gasteiger partial charge in [0.15, 0.2) is 0 Å². The van der Waals surface area contributed by atoms with Gasteiger partial charge in [0.2, 0.25) is 0 Å². The number of nitrogens with zero attached hydrogens (tertiary/aromatic N) is 2. The Kier molecular flexibility index (Phi) is 5.19. The van der Waals surface area contributed by atoms with Crippen LogP contribution in [0.25, 0.3) is 0 Å². The van der Waals surface area contributed by atoms with E-state index >= 15 is 0 Å². The van der Waals surface area contributed by atoms with Gasteiger partial charge in [-0.3, -0.25) is 0 Å². The first-order valence-corrected chi connectivity index (χ1v) is 6.61.